The van der Waals surface area contributed by atoms with Gasteiger partial charge in [0.25, 0.3) is 11.8 Å². The molecule has 8 nitrogen and oxygen atoms in total. The smallest absolute Gasteiger partial charge is 0.475 e. The molecular weight excluding hydrogens is 460 g/mol. The van der Waals surface area contributed by atoms with Crippen LogP contribution in [-0.4, -0.2) is 53.7 Å². The first kappa shape index (κ1) is 20.9. The highest BCUT2D eigenvalue weighted by molar-refractivity contribution is 6.34. The number of fused-ring (bicyclic) bond motifs is 1. The van der Waals surface area contributed by atoms with Crippen molar-refractivity contribution < 1.29 is 42.5 Å². The molecule has 0 aliphatic carbocycles. The van der Waals surface area contributed by atoms with Gasteiger partial charge in [-0.25, -0.2) is 9.18 Å². The molecular formula is C22H24F4N4O4. The molecule has 2 aromatic rings. The number of halogens is 4. The Labute approximate surface area is 198 Å². The van der Waals surface area contributed by atoms with E-state index in [4.69, 9.17) is 15.4 Å². The number of aromatic amines is 1. The van der Waals surface area contributed by atoms with E-state index in [0.717, 1.165) is 0 Å². The van der Waals surface area contributed by atoms with Crippen molar-refractivity contribution in [1.82, 2.24) is 15.6 Å². The lowest BCUT2D eigenvalue weighted by Gasteiger charge is -2.06. The standard InChI is InChI=1S/C20H23FN4O2.C2HF3O2/c1-4-22-7-8-23-20(27)18-11(2)17(24-12(18)3)10-15-14-9-13(21)5-6-16(14)25-19(15)26;3-2(4,5)1(6)7/h5-6,9-10,22,24H,4,7-8H2,1-3H3,(H,23,27)(H,25,26);(H,6,7)/b15-10-;/i1D3,4D;. The first-order chi connectivity index (χ1) is 17.4. The summed E-state index contributed by atoms with van der Waals surface area (Å²) < 4.78 is 74.3. The summed E-state index contributed by atoms with van der Waals surface area (Å²) >= 11 is 0. The van der Waals surface area contributed by atoms with Gasteiger partial charge in [-0.1, -0.05) is 6.85 Å². The van der Waals surface area contributed by atoms with Crippen LogP contribution in [-0.2, 0) is 9.59 Å². The number of nitrogens with one attached hydrogen (secondary N) is 4. The number of carboxylic acid groups (broad SMARTS) is 1. The minimum Gasteiger partial charge on any atom is -0.475 e. The summed E-state index contributed by atoms with van der Waals surface area (Å²) in [4.78, 5) is 36.9. The zero-order valence-electron chi connectivity index (χ0n) is 22.0. The van der Waals surface area contributed by atoms with Crippen LogP contribution in [0.5, 0.6) is 0 Å². The van der Waals surface area contributed by atoms with Crippen molar-refractivity contribution in [3.8, 4) is 0 Å². The second kappa shape index (κ2) is 11.0. The van der Waals surface area contributed by atoms with E-state index < -0.39 is 31.3 Å². The predicted molar refractivity (Wildman–Crippen MR) is 118 cm³/mol. The van der Waals surface area contributed by atoms with Gasteiger partial charge in [0.05, 0.1) is 11.1 Å². The number of carboxylic acids is 1. The molecule has 1 aliphatic heterocycles. The maximum atomic E-state index is 13.6. The summed E-state index contributed by atoms with van der Waals surface area (Å²) in [5, 5.41) is 15.0. The van der Waals surface area contributed by atoms with Crippen LogP contribution in [0.15, 0.2) is 18.2 Å². The zero-order chi connectivity index (χ0) is 29.0. The number of hydrogen-bond donors (Lipinski definition) is 5. The number of aromatic nitrogens is 1. The largest absolute Gasteiger partial charge is 0.490 e. The fourth-order valence-corrected chi connectivity index (χ4v) is 3.12. The Balaban J connectivity index is 0.000000638. The van der Waals surface area contributed by atoms with Crippen LogP contribution in [0.2, 0.25) is 0 Å². The number of aliphatic carboxylic acids is 1. The summed E-state index contributed by atoms with van der Waals surface area (Å²) in [6.45, 7) is -0.145. The Hall–Kier alpha value is -3.67. The average Bonchev–Trinajstić information content (AvgIpc) is 3.24. The van der Waals surface area contributed by atoms with Gasteiger partial charge in [-0.2, -0.15) is 13.2 Å². The fraction of sp³-hybridized carbons (Fsp3) is 0.318. The molecule has 34 heavy (non-hydrogen) atoms. The number of aryl methyl sites for hydroxylation is 1. The predicted octanol–water partition coefficient (Wildman–Crippen LogP) is 3.24. The number of H-pyrrole nitrogens is 1. The molecule has 0 radical (unpaired) electrons. The Kier molecular flexibility index (Phi) is 6.74. The van der Waals surface area contributed by atoms with Gasteiger partial charge in [-0.3, -0.25) is 9.59 Å². The Morgan fingerprint density at radius 3 is 2.56 bits per heavy atom. The summed E-state index contributed by atoms with van der Waals surface area (Å²) in [5.74, 6) is -3.94. The Bertz CT molecular complexity index is 1260. The molecule has 0 fully saturated rings. The molecule has 1 atom stereocenters. The average molecular weight is 488 g/mol. The van der Waals surface area contributed by atoms with E-state index in [1.165, 1.54) is 18.2 Å². The number of benzene rings is 1. The van der Waals surface area contributed by atoms with Gasteiger partial charge < -0.3 is 26.0 Å². The lowest BCUT2D eigenvalue weighted by Crippen LogP contribution is -2.32. The Morgan fingerprint density at radius 1 is 1.26 bits per heavy atom. The second-order valence-electron chi connectivity index (χ2n) is 7.02. The van der Waals surface area contributed by atoms with Crippen LogP contribution < -0.4 is 16.0 Å². The van der Waals surface area contributed by atoms with Crippen LogP contribution in [0.3, 0.4) is 0 Å². The second-order valence-corrected chi connectivity index (χ2v) is 7.02. The monoisotopic (exact) mass is 488 g/mol. The third-order valence-electron chi connectivity index (χ3n) is 4.66. The summed E-state index contributed by atoms with van der Waals surface area (Å²) in [7, 11) is 0. The number of amides is 2. The molecule has 0 bridgehead atoms. The van der Waals surface area contributed by atoms with Gasteiger partial charge in [0.2, 0.25) is 0 Å². The van der Waals surface area contributed by atoms with Crippen molar-refractivity contribution in [2.75, 3.05) is 24.9 Å². The van der Waals surface area contributed by atoms with Gasteiger partial charge in [0.15, 0.2) is 0 Å². The lowest BCUT2D eigenvalue weighted by molar-refractivity contribution is -0.192. The van der Waals surface area contributed by atoms with E-state index >= 15 is 0 Å². The first-order valence-corrected chi connectivity index (χ1v) is 9.69. The van der Waals surface area contributed by atoms with Crippen molar-refractivity contribution in [2.24, 2.45) is 0 Å². The normalized spacial score (nSPS) is 16.8. The highest BCUT2D eigenvalue weighted by Crippen LogP contribution is 2.34. The van der Waals surface area contributed by atoms with Crippen LogP contribution in [0.25, 0.3) is 11.6 Å². The molecule has 184 valence electrons. The number of hydrogen-bond acceptors (Lipinski definition) is 4. The number of alkyl halides is 3. The third-order valence-corrected chi connectivity index (χ3v) is 4.66. The van der Waals surface area contributed by atoms with Crippen LogP contribution in [0, 0.1) is 19.7 Å². The maximum absolute atomic E-state index is 13.6. The van der Waals surface area contributed by atoms with Crippen molar-refractivity contribution in [3.05, 3.63) is 52.1 Å². The molecule has 5 N–H and O–H groups in total. The summed E-state index contributed by atoms with van der Waals surface area (Å²) in [6.07, 6.45) is -3.50. The number of carbonyl (C=O) groups is 3. The van der Waals surface area contributed by atoms with E-state index in [1.54, 1.807) is 19.9 Å². The maximum Gasteiger partial charge on any atom is 0.490 e. The lowest BCUT2D eigenvalue weighted by atomic mass is 10.0. The zero-order valence-corrected chi connectivity index (χ0v) is 18.0. The minimum atomic E-state index is -5.08. The van der Waals surface area contributed by atoms with Gasteiger partial charge in [0.1, 0.15) is 5.82 Å². The van der Waals surface area contributed by atoms with Crippen molar-refractivity contribution in [3.63, 3.8) is 0 Å². The van der Waals surface area contributed by atoms with Crippen molar-refractivity contribution in [2.45, 2.75) is 26.9 Å². The van der Waals surface area contributed by atoms with Gasteiger partial charge in [-0.15, -0.1) is 0 Å². The molecule has 1 aromatic heterocycles. The molecule has 1 unspecified atom stereocenters. The van der Waals surface area contributed by atoms with Crippen molar-refractivity contribution in [1.29, 1.82) is 0 Å². The minimum absolute atomic E-state index is 0.125. The number of anilines is 1. The quantitative estimate of drug-likeness (QED) is 0.243. The molecule has 2 amide bonds. The molecule has 12 heteroatoms. The molecule has 2 heterocycles. The van der Waals surface area contributed by atoms with E-state index in [-0.39, 0.29) is 24.9 Å². The summed E-state index contributed by atoms with van der Waals surface area (Å²) in [5.41, 5.74) is 3.44. The van der Waals surface area contributed by atoms with E-state index in [2.05, 4.69) is 20.9 Å². The van der Waals surface area contributed by atoms with E-state index in [9.17, 15) is 27.2 Å². The van der Waals surface area contributed by atoms with Crippen LogP contribution >= 0.6 is 0 Å². The highest BCUT2D eigenvalue weighted by Gasteiger charge is 2.38. The number of likely N-dealkylation sites (N-methyl/N-ethyl adjacent to an activating group) is 1. The van der Waals surface area contributed by atoms with Crippen molar-refractivity contribution >= 4 is 35.1 Å². The van der Waals surface area contributed by atoms with Gasteiger partial charge in [0, 0.05) is 41.2 Å². The topological polar surface area (TPSA) is 123 Å². The van der Waals surface area contributed by atoms with Gasteiger partial charge >= 0.3 is 12.1 Å². The fourth-order valence-electron chi connectivity index (χ4n) is 3.12. The van der Waals surface area contributed by atoms with E-state index in [1.807, 2.05) is 0 Å². The molecule has 0 spiro atoms. The number of carbonyl (C=O) groups excluding carboxylic acids is 2. The number of rotatable bonds is 6. The third kappa shape index (κ3) is 6.44. The van der Waals surface area contributed by atoms with E-state index in [0.29, 0.717) is 39.3 Å². The molecule has 3 rings (SSSR count). The molecule has 0 saturated carbocycles. The van der Waals surface area contributed by atoms with Gasteiger partial charge in [-0.05, 0) is 50.2 Å². The summed E-state index contributed by atoms with van der Waals surface area (Å²) in [6, 6.07) is 4.05. The molecule has 1 aromatic carbocycles. The molecule has 1 aliphatic rings. The SMILES string of the molecule is O=C(O)C(F)(F)F.[2H]C(NCCNC(=O)c1c(C)[nH]c(/C=C2\C(=O)Nc3ccc(F)cc32)c1C)C([2H])([2H])[2H]. The molecule has 0 saturated heterocycles. The highest BCUT2D eigenvalue weighted by atomic mass is 19.4. The van der Waals surface area contributed by atoms with Crippen LogP contribution in [0.4, 0.5) is 23.2 Å². The van der Waals surface area contributed by atoms with Crippen LogP contribution in [0.1, 0.15) is 45.2 Å². The Morgan fingerprint density at radius 2 is 1.94 bits per heavy atom. The first-order valence-electron chi connectivity index (χ1n) is 11.8.